The molecule has 7 nitrogen and oxygen atoms in total. The van der Waals surface area contributed by atoms with Gasteiger partial charge >= 0.3 is 5.97 Å². The van der Waals surface area contributed by atoms with Gasteiger partial charge in [0.05, 0.1) is 19.3 Å². The summed E-state index contributed by atoms with van der Waals surface area (Å²) in [6, 6.07) is 1.68. The molecule has 2 atom stereocenters. The maximum Gasteiger partial charge on any atom is 0.311 e. The lowest BCUT2D eigenvalue weighted by atomic mass is 10.0. The molecule has 2 heterocycles. The number of hydrogen-bond donors (Lipinski definition) is 1. The Morgan fingerprint density at radius 1 is 1.55 bits per heavy atom. The molecule has 2 rings (SSSR count). The Balaban J connectivity index is 2.36. The number of ether oxygens (including phenoxy) is 1. The van der Waals surface area contributed by atoms with Crippen molar-refractivity contribution in [1.29, 1.82) is 5.26 Å². The Kier molecular flexibility index (Phi) is 4.48. The van der Waals surface area contributed by atoms with Gasteiger partial charge in [-0.2, -0.15) is 5.26 Å². The molecule has 1 fully saturated rings. The Labute approximate surface area is 116 Å². The van der Waals surface area contributed by atoms with Crippen LogP contribution in [0.4, 0.5) is 5.82 Å². The van der Waals surface area contributed by atoms with Crippen LogP contribution in [0.1, 0.15) is 19.0 Å². The van der Waals surface area contributed by atoms with Crippen molar-refractivity contribution in [3.63, 3.8) is 0 Å². The molecule has 1 aliphatic rings. The molecule has 0 aromatic carbocycles. The van der Waals surface area contributed by atoms with Crippen LogP contribution in [0.2, 0.25) is 0 Å². The van der Waals surface area contributed by atoms with Crippen LogP contribution in [0.3, 0.4) is 0 Å². The molecule has 0 amide bonds. The number of carboxylic acids is 1. The van der Waals surface area contributed by atoms with E-state index in [0.717, 1.165) is 6.42 Å². The summed E-state index contributed by atoms with van der Waals surface area (Å²) in [4.78, 5) is 21.3. The SMILES string of the molecule is CCCN(c1nccnc1C#N)C1COCC1C(=O)O. The van der Waals surface area contributed by atoms with Crippen LogP contribution in [-0.2, 0) is 9.53 Å². The van der Waals surface area contributed by atoms with E-state index >= 15 is 0 Å². The maximum atomic E-state index is 11.3. The molecule has 20 heavy (non-hydrogen) atoms. The normalized spacial score (nSPS) is 21.4. The van der Waals surface area contributed by atoms with Gasteiger partial charge in [-0.25, -0.2) is 9.97 Å². The van der Waals surface area contributed by atoms with E-state index in [-0.39, 0.29) is 18.3 Å². The van der Waals surface area contributed by atoms with Gasteiger partial charge in [0, 0.05) is 18.9 Å². The van der Waals surface area contributed by atoms with Gasteiger partial charge in [-0.15, -0.1) is 0 Å². The molecule has 0 spiro atoms. The number of rotatable bonds is 5. The summed E-state index contributed by atoms with van der Waals surface area (Å²) < 4.78 is 5.30. The first-order chi connectivity index (χ1) is 9.69. The van der Waals surface area contributed by atoms with Crippen molar-refractivity contribution >= 4 is 11.8 Å². The average molecular weight is 276 g/mol. The van der Waals surface area contributed by atoms with E-state index in [2.05, 4.69) is 9.97 Å². The third-order valence-corrected chi connectivity index (χ3v) is 3.29. The monoisotopic (exact) mass is 276 g/mol. The Hall–Kier alpha value is -2.20. The predicted octanol–water partition coefficient (Wildman–Crippen LogP) is 0.664. The fraction of sp³-hybridized carbons (Fsp3) is 0.538. The highest BCUT2D eigenvalue weighted by molar-refractivity contribution is 5.72. The topological polar surface area (TPSA) is 99.3 Å². The summed E-state index contributed by atoms with van der Waals surface area (Å²) in [5.74, 6) is -1.08. The highest BCUT2D eigenvalue weighted by Gasteiger charge is 2.39. The minimum Gasteiger partial charge on any atom is -0.481 e. The minimum atomic E-state index is -0.893. The van der Waals surface area contributed by atoms with E-state index in [4.69, 9.17) is 10.00 Å². The molecule has 0 saturated carbocycles. The largest absolute Gasteiger partial charge is 0.481 e. The number of carbonyl (C=O) groups is 1. The Bertz CT molecular complexity index is 529. The van der Waals surface area contributed by atoms with Gasteiger partial charge in [0.1, 0.15) is 12.0 Å². The third kappa shape index (κ3) is 2.70. The molecule has 1 aliphatic heterocycles. The van der Waals surface area contributed by atoms with Crippen molar-refractivity contribution in [2.45, 2.75) is 19.4 Å². The fourth-order valence-corrected chi connectivity index (χ4v) is 2.38. The molecule has 0 aliphatic carbocycles. The lowest BCUT2D eigenvalue weighted by molar-refractivity contribution is -0.142. The summed E-state index contributed by atoms with van der Waals surface area (Å²) >= 11 is 0. The quantitative estimate of drug-likeness (QED) is 0.843. The molecular weight excluding hydrogens is 260 g/mol. The highest BCUT2D eigenvalue weighted by Crippen LogP contribution is 2.26. The van der Waals surface area contributed by atoms with Gasteiger partial charge in [-0.1, -0.05) is 6.92 Å². The van der Waals surface area contributed by atoms with E-state index in [1.807, 2.05) is 17.9 Å². The zero-order valence-corrected chi connectivity index (χ0v) is 11.2. The number of nitriles is 1. The minimum absolute atomic E-state index is 0.183. The van der Waals surface area contributed by atoms with Crippen LogP contribution < -0.4 is 4.90 Å². The van der Waals surface area contributed by atoms with Gasteiger partial charge in [0.25, 0.3) is 0 Å². The zero-order chi connectivity index (χ0) is 14.5. The molecule has 1 N–H and O–H groups in total. The van der Waals surface area contributed by atoms with Crippen molar-refractivity contribution in [3.8, 4) is 6.07 Å². The molecule has 2 unspecified atom stereocenters. The highest BCUT2D eigenvalue weighted by atomic mass is 16.5. The lowest BCUT2D eigenvalue weighted by Crippen LogP contribution is -2.44. The van der Waals surface area contributed by atoms with E-state index in [1.54, 1.807) is 0 Å². The van der Waals surface area contributed by atoms with Gasteiger partial charge in [0.2, 0.25) is 0 Å². The lowest BCUT2D eigenvalue weighted by Gasteiger charge is -2.31. The number of anilines is 1. The smallest absolute Gasteiger partial charge is 0.311 e. The molecule has 1 saturated heterocycles. The molecule has 1 aromatic heterocycles. The van der Waals surface area contributed by atoms with Crippen molar-refractivity contribution < 1.29 is 14.6 Å². The summed E-state index contributed by atoms with van der Waals surface area (Å²) in [5.41, 5.74) is 0.206. The van der Waals surface area contributed by atoms with E-state index in [0.29, 0.717) is 19.0 Å². The van der Waals surface area contributed by atoms with Gasteiger partial charge in [-0.3, -0.25) is 4.79 Å². The van der Waals surface area contributed by atoms with Crippen LogP contribution in [0.5, 0.6) is 0 Å². The van der Waals surface area contributed by atoms with Crippen LogP contribution in [0, 0.1) is 17.2 Å². The molecule has 0 radical (unpaired) electrons. The standard InChI is InChI=1S/C13H16N4O3/c1-2-5-17(11-8-20-7-9(11)13(18)19)12-10(6-14)15-3-4-16-12/h3-4,9,11H,2,5,7-8H2,1H3,(H,18,19). The fourth-order valence-electron chi connectivity index (χ4n) is 2.38. The molecule has 0 bridgehead atoms. The summed E-state index contributed by atoms with van der Waals surface area (Å²) in [6.07, 6.45) is 3.76. The van der Waals surface area contributed by atoms with Crippen LogP contribution >= 0.6 is 0 Å². The number of hydrogen-bond acceptors (Lipinski definition) is 6. The Morgan fingerprint density at radius 3 is 2.95 bits per heavy atom. The van der Waals surface area contributed by atoms with Crippen LogP contribution in [0.25, 0.3) is 0 Å². The van der Waals surface area contributed by atoms with Gasteiger partial charge in [0.15, 0.2) is 11.5 Å². The average Bonchev–Trinajstić information content (AvgIpc) is 2.94. The summed E-state index contributed by atoms with van der Waals surface area (Å²) in [6.45, 7) is 3.09. The zero-order valence-electron chi connectivity index (χ0n) is 11.2. The van der Waals surface area contributed by atoms with Crippen molar-refractivity contribution in [1.82, 2.24) is 9.97 Å². The third-order valence-electron chi connectivity index (χ3n) is 3.29. The first-order valence-corrected chi connectivity index (χ1v) is 6.47. The number of aliphatic carboxylic acids is 1. The van der Waals surface area contributed by atoms with Crippen LogP contribution in [0.15, 0.2) is 12.4 Å². The van der Waals surface area contributed by atoms with Gasteiger partial charge < -0.3 is 14.7 Å². The predicted molar refractivity (Wildman–Crippen MR) is 70.1 cm³/mol. The van der Waals surface area contributed by atoms with Gasteiger partial charge in [-0.05, 0) is 6.42 Å². The first-order valence-electron chi connectivity index (χ1n) is 6.47. The number of aromatic nitrogens is 2. The number of carboxylic acid groups (broad SMARTS) is 1. The van der Waals surface area contributed by atoms with Crippen molar-refractivity contribution in [2.75, 3.05) is 24.7 Å². The van der Waals surface area contributed by atoms with Crippen molar-refractivity contribution in [2.24, 2.45) is 5.92 Å². The first kappa shape index (κ1) is 14.2. The summed E-state index contributed by atoms with van der Waals surface area (Å²) in [7, 11) is 0. The van der Waals surface area contributed by atoms with Crippen molar-refractivity contribution in [3.05, 3.63) is 18.1 Å². The van der Waals surface area contributed by atoms with E-state index < -0.39 is 11.9 Å². The number of nitrogens with zero attached hydrogens (tertiary/aromatic N) is 4. The Morgan fingerprint density at radius 2 is 2.30 bits per heavy atom. The second kappa shape index (κ2) is 6.30. The van der Waals surface area contributed by atoms with E-state index in [1.165, 1.54) is 12.4 Å². The molecular formula is C13H16N4O3. The van der Waals surface area contributed by atoms with Crippen LogP contribution in [-0.4, -0.2) is 46.8 Å². The van der Waals surface area contributed by atoms with E-state index in [9.17, 15) is 9.90 Å². The molecule has 1 aromatic rings. The second-order valence-electron chi connectivity index (χ2n) is 4.58. The summed E-state index contributed by atoms with van der Waals surface area (Å²) in [5, 5.41) is 18.4. The molecule has 7 heteroatoms. The molecule has 106 valence electrons. The second-order valence-corrected chi connectivity index (χ2v) is 4.58. The maximum absolute atomic E-state index is 11.3.